The summed E-state index contributed by atoms with van der Waals surface area (Å²) in [5, 5.41) is 12.4. The van der Waals surface area contributed by atoms with Crippen molar-refractivity contribution in [2.24, 2.45) is 0 Å². The molecular weight excluding hydrogens is 346 g/mol. The van der Waals surface area contributed by atoms with Crippen LogP contribution in [0.2, 0.25) is 0 Å². The summed E-state index contributed by atoms with van der Waals surface area (Å²) in [5.41, 5.74) is 6.54. The molecule has 2 N–H and O–H groups in total. The van der Waals surface area contributed by atoms with Crippen molar-refractivity contribution < 1.29 is 5.11 Å². The second-order valence-electron chi connectivity index (χ2n) is 6.76. The van der Waals surface area contributed by atoms with Gasteiger partial charge in [-0.2, -0.15) is 0 Å². The molecule has 0 bridgehead atoms. The first-order valence-corrected chi connectivity index (χ1v) is 9.58. The Balaban J connectivity index is 1.80. The maximum absolute atomic E-state index is 9.03. The van der Waals surface area contributed by atoms with Crippen molar-refractivity contribution in [1.82, 2.24) is 9.55 Å². The molecule has 1 aromatic heterocycles. The summed E-state index contributed by atoms with van der Waals surface area (Å²) in [4.78, 5) is 4.47. The maximum Gasteiger partial charge on any atom is 0.159 e. The number of aliphatic hydroxyl groups is 1. The van der Waals surface area contributed by atoms with Crippen LogP contribution in [0.1, 0.15) is 36.4 Å². The lowest BCUT2D eigenvalue weighted by Gasteiger charge is -2.12. The van der Waals surface area contributed by atoms with Crippen LogP contribution in [-0.4, -0.2) is 21.3 Å². The van der Waals surface area contributed by atoms with Gasteiger partial charge >= 0.3 is 0 Å². The van der Waals surface area contributed by atoms with Gasteiger partial charge in [0.05, 0.1) is 5.70 Å². The van der Waals surface area contributed by atoms with Crippen LogP contribution in [0.25, 0.3) is 17.5 Å². The number of hydrogen-bond acceptors (Lipinski definition) is 3. The van der Waals surface area contributed by atoms with Gasteiger partial charge in [-0.1, -0.05) is 49.9 Å². The fraction of sp³-hybridized carbons (Fsp3) is 0.208. The molecule has 3 aromatic rings. The first-order chi connectivity index (χ1) is 13.6. The van der Waals surface area contributed by atoms with Crippen molar-refractivity contribution in [3.8, 4) is 0 Å². The number of anilines is 1. The highest BCUT2D eigenvalue weighted by molar-refractivity contribution is 5.78. The quantitative estimate of drug-likeness (QED) is 0.579. The Bertz CT molecular complexity index is 968. The SMILES string of the molecule is C=C(Nc1ccc(CCO)cc1)c1nccn1/C=C(\C)c1ccccc1CC. The average Bonchev–Trinajstić information content (AvgIpc) is 3.18. The summed E-state index contributed by atoms with van der Waals surface area (Å²) in [6.07, 6.45) is 7.47. The molecule has 3 rings (SSSR count). The van der Waals surface area contributed by atoms with Gasteiger partial charge in [0.15, 0.2) is 5.82 Å². The van der Waals surface area contributed by atoms with Gasteiger partial charge in [0.2, 0.25) is 0 Å². The molecule has 0 aliphatic heterocycles. The van der Waals surface area contributed by atoms with Gasteiger partial charge in [-0.3, -0.25) is 0 Å². The molecule has 0 amide bonds. The molecule has 0 fully saturated rings. The van der Waals surface area contributed by atoms with Crippen LogP contribution in [0.3, 0.4) is 0 Å². The molecule has 0 atom stereocenters. The van der Waals surface area contributed by atoms with E-state index in [-0.39, 0.29) is 6.61 Å². The zero-order valence-corrected chi connectivity index (χ0v) is 16.5. The van der Waals surface area contributed by atoms with E-state index in [0.717, 1.165) is 29.2 Å². The summed E-state index contributed by atoms with van der Waals surface area (Å²) in [6, 6.07) is 16.5. The third-order valence-corrected chi connectivity index (χ3v) is 4.74. The van der Waals surface area contributed by atoms with Gasteiger partial charge in [0.1, 0.15) is 0 Å². The smallest absolute Gasteiger partial charge is 0.159 e. The van der Waals surface area contributed by atoms with E-state index >= 15 is 0 Å². The highest BCUT2D eigenvalue weighted by Gasteiger charge is 2.08. The molecule has 0 aliphatic carbocycles. The molecule has 0 saturated heterocycles. The van der Waals surface area contributed by atoms with E-state index in [1.807, 2.05) is 35.0 Å². The number of allylic oxidation sites excluding steroid dienone is 1. The van der Waals surface area contributed by atoms with E-state index in [9.17, 15) is 0 Å². The van der Waals surface area contributed by atoms with Crippen molar-refractivity contribution in [3.63, 3.8) is 0 Å². The summed E-state index contributed by atoms with van der Waals surface area (Å²) in [5.74, 6) is 0.771. The minimum Gasteiger partial charge on any atom is -0.396 e. The van der Waals surface area contributed by atoms with Crippen LogP contribution >= 0.6 is 0 Å². The Morgan fingerprint density at radius 3 is 2.64 bits per heavy atom. The van der Waals surface area contributed by atoms with Crippen LogP contribution < -0.4 is 5.32 Å². The van der Waals surface area contributed by atoms with Gasteiger partial charge in [0.25, 0.3) is 0 Å². The van der Waals surface area contributed by atoms with Gasteiger partial charge in [-0.15, -0.1) is 0 Å². The predicted octanol–water partition coefficient (Wildman–Crippen LogP) is 5.08. The Hall–Kier alpha value is -3.11. The molecule has 0 unspecified atom stereocenters. The van der Waals surface area contributed by atoms with Crippen molar-refractivity contribution >= 4 is 23.2 Å². The second kappa shape index (κ2) is 9.20. The summed E-state index contributed by atoms with van der Waals surface area (Å²) in [6.45, 7) is 8.61. The minimum absolute atomic E-state index is 0.157. The molecule has 4 heteroatoms. The zero-order chi connectivity index (χ0) is 19.9. The molecule has 0 saturated carbocycles. The van der Waals surface area contributed by atoms with E-state index in [4.69, 9.17) is 5.11 Å². The van der Waals surface area contributed by atoms with E-state index in [0.29, 0.717) is 6.42 Å². The average molecular weight is 374 g/mol. The number of nitrogens with zero attached hydrogens (tertiary/aromatic N) is 2. The molecule has 28 heavy (non-hydrogen) atoms. The normalized spacial score (nSPS) is 11.5. The van der Waals surface area contributed by atoms with E-state index in [1.165, 1.54) is 16.7 Å². The Labute approximate surface area is 166 Å². The molecular formula is C24H27N3O. The van der Waals surface area contributed by atoms with Crippen molar-refractivity contribution in [2.75, 3.05) is 11.9 Å². The zero-order valence-electron chi connectivity index (χ0n) is 16.5. The Kier molecular flexibility index (Phi) is 6.45. The summed E-state index contributed by atoms with van der Waals surface area (Å²) < 4.78 is 2.00. The van der Waals surface area contributed by atoms with Crippen LogP contribution in [0.15, 0.2) is 67.5 Å². The minimum atomic E-state index is 0.157. The van der Waals surface area contributed by atoms with Crippen LogP contribution in [0.5, 0.6) is 0 Å². The van der Waals surface area contributed by atoms with Crippen molar-refractivity contribution in [2.45, 2.75) is 26.7 Å². The second-order valence-corrected chi connectivity index (χ2v) is 6.76. The number of imidazole rings is 1. The van der Waals surface area contributed by atoms with Gasteiger partial charge < -0.3 is 15.0 Å². The number of benzene rings is 2. The molecule has 0 aliphatic rings. The van der Waals surface area contributed by atoms with Crippen molar-refractivity contribution in [3.05, 3.63) is 90.0 Å². The number of aromatic nitrogens is 2. The van der Waals surface area contributed by atoms with E-state index < -0.39 is 0 Å². The predicted molar refractivity (Wildman–Crippen MR) is 118 cm³/mol. The van der Waals surface area contributed by atoms with E-state index in [2.05, 4.69) is 61.2 Å². The molecule has 4 nitrogen and oxygen atoms in total. The summed E-state index contributed by atoms with van der Waals surface area (Å²) >= 11 is 0. The maximum atomic E-state index is 9.03. The van der Waals surface area contributed by atoms with Crippen LogP contribution in [0, 0.1) is 0 Å². The monoisotopic (exact) mass is 373 g/mol. The number of hydrogen-bond donors (Lipinski definition) is 2. The summed E-state index contributed by atoms with van der Waals surface area (Å²) in [7, 11) is 0. The number of aliphatic hydroxyl groups excluding tert-OH is 1. The molecule has 1 heterocycles. The van der Waals surface area contributed by atoms with Gasteiger partial charge in [0, 0.05) is 30.9 Å². The molecule has 2 aromatic carbocycles. The first kappa shape index (κ1) is 19.6. The number of aryl methyl sites for hydroxylation is 1. The Morgan fingerprint density at radius 2 is 1.93 bits per heavy atom. The molecule has 0 radical (unpaired) electrons. The van der Waals surface area contributed by atoms with Crippen LogP contribution in [0.4, 0.5) is 5.69 Å². The van der Waals surface area contributed by atoms with E-state index in [1.54, 1.807) is 6.20 Å². The largest absolute Gasteiger partial charge is 0.396 e. The number of nitrogens with one attached hydrogen (secondary N) is 1. The lowest BCUT2D eigenvalue weighted by molar-refractivity contribution is 0.299. The van der Waals surface area contributed by atoms with Crippen LogP contribution in [-0.2, 0) is 12.8 Å². The fourth-order valence-corrected chi connectivity index (χ4v) is 3.26. The molecule has 144 valence electrons. The van der Waals surface area contributed by atoms with Gasteiger partial charge in [-0.05, 0) is 54.2 Å². The van der Waals surface area contributed by atoms with Gasteiger partial charge in [-0.25, -0.2) is 4.98 Å². The lowest BCUT2D eigenvalue weighted by Crippen LogP contribution is -2.04. The third-order valence-electron chi connectivity index (χ3n) is 4.74. The fourth-order valence-electron chi connectivity index (χ4n) is 3.26. The topological polar surface area (TPSA) is 50.1 Å². The first-order valence-electron chi connectivity index (χ1n) is 9.58. The number of rotatable bonds is 8. The standard InChI is InChI=1S/C24H27N3O/c1-4-21-7-5-6-8-23(21)18(2)17-27-15-14-25-24(27)19(3)26-22-11-9-20(10-12-22)13-16-28/h5-12,14-15,17,26,28H,3-4,13,16H2,1-2H3/b18-17+. The highest BCUT2D eigenvalue weighted by Crippen LogP contribution is 2.22. The third kappa shape index (κ3) is 4.59. The lowest BCUT2D eigenvalue weighted by atomic mass is 10.00. The Morgan fingerprint density at radius 1 is 1.18 bits per heavy atom. The highest BCUT2D eigenvalue weighted by atomic mass is 16.2. The van der Waals surface area contributed by atoms with Crippen molar-refractivity contribution in [1.29, 1.82) is 0 Å². The molecule has 0 spiro atoms.